The number of hydrogen-bond donors (Lipinski definition) is 1. The number of benzene rings is 2. The smallest absolute Gasteiger partial charge is 0.224 e. The van der Waals surface area contributed by atoms with Crippen LogP contribution in [0.2, 0.25) is 0 Å². The lowest BCUT2D eigenvalue weighted by Crippen LogP contribution is -2.32. The Kier molecular flexibility index (Phi) is 4.48. The van der Waals surface area contributed by atoms with Gasteiger partial charge in [-0.15, -0.1) is 0 Å². The Balaban J connectivity index is 1.53. The molecule has 1 fully saturated rings. The number of amides is 1. The maximum absolute atomic E-state index is 13.3. The van der Waals surface area contributed by atoms with Crippen LogP contribution in [0.15, 0.2) is 60.9 Å². The van der Waals surface area contributed by atoms with E-state index in [0.717, 1.165) is 17.5 Å². The van der Waals surface area contributed by atoms with Crippen molar-refractivity contribution in [3.63, 3.8) is 0 Å². The van der Waals surface area contributed by atoms with Gasteiger partial charge in [0.05, 0.1) is 0 Å². The van der Waals surface area contributed by atoms with Crippen molar-refractivity contribution in [2.75, 3.05) is 0 Å². The molecule has 3 aromatic rings. The number of nitrogens with one attached hydrogen (secondary N) is 1. The zero-order valence-corrected chi connectivity index (χ0v) is 14.8. The van der Waals surface area contributed by atoms with E-state index >= 15 is 0 Å². The van der Waals surface area contributed by atoms with Gasteiger partial charge in [0.15, 0.2) is 0 Å². The van der Waals surface area contributed by atoms with Crippen molar-refractivity contribution in [1.29, 1.82) is 0 Å². The van der Waals surface area contributed by atoms with E-state index in [9.17, 15) is 13.6 Å². The van der Waals surface area contributed by atoms with E-state index in [2.05, 4.69) is 10.3 Å². The van der Waals surface area contributed by atoms with Crippen LogP contribution in [0.4, 0.5) is 8.78 Å². The first-order valence-corrected chi connectivity index (χ1v) is 8.81. The van der Waals surface area contributed by atoms with Crippen LogP contribution in [0.1, 0.15) is 35.3 Å². The van der Waals surface area contributed by atoms with Gasteiger partial charge in [-0.1, -0.05) is 24.3 Å². The number of hydrogen-bond acceptors (Lipinski definition) is 2. The molecule has 0 bridgehead atoms. The summed E-state index contributed by atoms with van der Waals surface area (Å²) in [5.41, 5.74) is 1.73. The number of nitrogens with zero attached hydrogens (tertiary/aromatic N) is 2. The Morgan fingerprint density at radius 2 is 1.74 bits per heavy atom. The summed E-state index contributed by atoms with van der Waals surface area (Å²) in [7, 11) is 1.85. The van der Waals surface area contributed by atoms with Crippen molar-refractivity contribution in [3.05, 3.63) is 89.5 Å². The topological polar surface area (TPSA) is 46.9 Å². The highest BCUT2D eigenvalue weighted by Gasteiger charge is 2.44. The fourth-order valence-electron chi connectivity index (χ4n) is 3.42. The molecule has 4 rings (SSSR count). The number of carbonyl (C=O) groups is 1. The van der Waals surface area contributed by atoms with E-state index < -0.39 is 6.04 Å². The third-order valence-electron chi connectivity index (χ3n) is 5.03. The molecule has 27 heavy (non-hydrogen) atoms. The van der Waals surface area contributed by atoms with Crippen LogP contribution in [0.5, 0.6) is 0 Å². The van der Waals surface area contributed by atoms with Crippen LogP contribution in [0.25, 0.3) is 0 Å². The van der Waals surface area contributed by atoms with Crippen molar-refractivity contribution in [2.45, 2.75) is 18.4 Å². The van der Waals surface area contributed by atoms with E-state index in [0.29, 0.717) is 5.82 Å². The molecule has 2 aromatic carbocycles. The minimum absolute atomic E-state index is 0.0818. The molecular formula is C21H19F2N3O. The van der Waals surface area contributed by atoms with Gasteiger partial charge in [0.25, 0.3) is 0 Å². The van der Waals surface area contributed by atoms with E-state index in [1.54, 1.807) is 36.7 Å². The maximum atomic E-state index is 13.3. The second-order valence-corrected chi connectivity index (χ2v) is 6.89. The Morgan fingerprint density at radius 3 is 2.33 bits per heavy atom. The number of aromatic nitrogens is 2. The fourth-order valence-corrected chi connectivity index (χ4v) is 3.42. The predicted octanol–water partition coefficient (Wildman–Crippen LogP) is 3.71. The van der Waals surface area contributed by atoms with E-state index in [1.165, 1.54) is 24.3 Å². The number of rotatable bonds is 5. The molecule has 1 amide bonds. The highest BCUT2D eigenvalue weighted by molar-refractivity contribution is 5.83. The third-order valence-corrected chi connectivity index (χ3v) is 5.03. The van der Waals surface area contributed by atoms with E-state index in [4.69, 9.17) is 0 Å². The van der Waals surface area contributed by atoms with E-state index in [1.807, 2.05) is 11.6 Å². The Bertz CT molecular complexity index is 950. The molecule has 1 aliphatic carbocycles. The molecule has 1 saturated carbocycles. The van der Waals surface area contributed by atoms with Crippen LogP contribution in [-0.2, 0) is 11.8 Å². The first-order chi connectivity index (χ1) is 13.0. The van der Waals surface area contributed by atoms with Crippen molar-refractivity contribution in [1.82, 2.24) is 14.9 Å². The molecule has 1 heterocycles. The molecule has 0 radical (unpaired) electrons. The van der Waals surface area contributed by atoms with Crippen molar-refractivity contribution >= 4 is 5.91 Å². The lowest BCUT2D eigenvalue weighted by molar-refractivity contribution is -0.123. The number of imidazole rings is 1. The molecule has 3 atom stereocenters. The van der Waals surface area contributed by atoms with Crippen molar-refractivity contribution in [3.8, 4) is 0 Å². The van der Waals surface area contributed by atoms with Gasteiger partial charge in [-0.05, 0) is 47.7 Å². The Labute approximate surface area is 155 Å². The standard InChI is InChI=1S/C21H19F2N3O/c1-26-11-10-24-20(26)19(14-4-8-16(23)9-5-14)25-21(27)18-12-17(18)13-2-6-15(22)7-3-13/h2-11,17-19H,12H2,1H3,(H,25,27)/t17-,18+,19-/m1/s1. The maximum Gasteiger partial charge on any atom is 0.224 e. The van der Waals surface area contributed by atoms with Gasteiger partial charge >= 0.3 is 0 Å². The van der Waals surface area contributed by atoms with Crippen LogP contribution >= 0.6 is 0 Å². The summed E-state index contributed by atoms with van der Waals surface area (Å²) >= 11 is 0. The molecule has 0 saturated heterocycles. The summed E-state index contributed by atoms with van der Waals surface area (Å²) in [4.78, 5) is 17.2. The third kappa shape index (κ3) is 3.60. The van der Waals surface area contributed by atoms with Crippen LogP contribution < -0.4 is 5.32 Å². The highest BCUT2D eigenvalue weighted by Crippen LogP contribution is 2.47. The van der Waals surface area contributed by atoms with Crippen molar-refractivity contribution < 1.29 is 13.6 Å². The minimum Gasteiger partial charge on any atom is -0.342 e. The van der Waals surface area contributed by atoms with Gasteiger partial charge in [0.2, 0.25) is 5.91 Å². The van der Waals surface area contributed by atoms with Crippen LogP contribution in [-0.4, -0.2) is 15.5 Å². The zero-order valence-electron chi connectivity index (χ0n) is 14.8. The second kappa shape index (κ2) is 6.95. The molecule has 0 unspecified atom stereocenters. The SMILES string of the molecule is Cn1ccnc1[C@H](NC(=O)[C@H]1C[C@@H]1c1ccc(F)cc1)c1ccc(F)cc1. The summed E-state index contributed by atoms with van der Waals surface area (Å²) in [6.45, 7) is 0. The summed E-state index contributed by atoms with van der Waals surface area (Å²) < 4.78 is 28.2. The monoisotopic (exact) mass is 367 g/mol. The summed E-state index contributed by atoms with van der Waals surface area (Å²) in [6.07, 6.45) is 4.20. The van der Waals surface area contributed by atoms with Gasteiger partial charge in [0.1, 0.15) is 23.5 Å². The normalized spacial score (nSPS) is 19.5. The number of carbonyl (C=O) groups excluding carboxylic acids is 1. The average Bonchev–Trinajstić information content (AvgIpc) is 3.35. The van der Waals surface area contributed by atoms with Gasteiger partial charge in [-0.25, -0.2) is 13.8 Å². The first-order valence-electron chi connectivity index (χ1n) is 8.81. The Morgan fingerprint density at radius 1 is 1.11 bits per heavy atom. The fraction of sp³-hybridized carbons (Fsp3) is 0.238. The molecule has 138 valence electrons. The van der Waals surface area contributed by atoms with Gasteiger partial charge in [0, 0.05) is 25.4 Å². The molecule has 1 aliphatic rings. The minimum atomic E-state index is -0.465. The van der Waals surface area contributed by atoms with Crippen LogP contribution in [0.3, 0.4) is 0 Å². The second-order valence-electron chi connectivity index (χ2n) is 6.89. The summed E-state index contributed by atoms with van der Waals surface area (Å²) in [6, 6.07) is 11.9. The average molecular weight is 367 g/mol. The van der Waals surface area contributed by atoms with Crippen molar-refractivity contribution in [2.24, 2.45) is 13.0 Å². The quantitative estimate of drug-likeness (QED) is 0.747. The van der Waals surface area contributed by atoms with Gasteiger partial charge in [-0.2, -0.15) is 0 Å². The lowest BCUT2D eigenvalue weighted by atomic mass is 10.0. The number of halogens is 2. The molecule has 1 aromatic heterocycles. The molecule has 6 heteroatoms. The zero-order chi connectivity index (χ0) is 19.0. The Hall–Kier alpha value is -3.02. The first kappa shape index (κ1) is 17.4. The summed E-state index contributed by atoms with van der Waals surface area (Å²) in [5, 5.41) is 3.05. The summed E-state index contributed by atoms with van der Waals surface area (Å²) in [5.74, 6) is -0.0797. The predicted molar refractivity (Wildman–Crippen MR) is 96.8 cm³/mol. The molecule has 0 aliphatic heterocycles. The lowest BCUT2D eigenvalue weighted by Gasteiger charge is -2.19. The van der Waals surface area contributed by atoms with Crippen LogP contribution in [0, 0.1) is 17.6 Å². The molecule has 0 spiro atoms. The van der Waals surface area contributed by atoms with Gasteiger partial charge < -0.3 is 9.88 Å². The van der Waals surface area contributed by atoms with Gasteiger partial charge in [-0.3, -0.25) is 4.79 Å². The largest absolute Gasteiger partial charge is 0.342 e. The molecular weight excluding hydrogens is 348 g/mol. The molecule has 1 N–H and O–H groups in total. The molecule has 4 nitrogen and oxygen atoms in total. The van der Waals surface area contributed by atoms with E-state index in [-0.39, 0.29) is 29.4 Å². The highest BCUT2D eigenvalue weighted by atomic mass is 19.1. The number of aryl methyl sites for hydroxylation is 1.